The van der Waals surface area contributed by atoms with Gasteiger partial charge >= 0.3 is 0 Å². The van der Waals surface area contributed by atoms with Gasteiger partial charge in [0.25, 0.3) is 0 Å². The van der Waals surface area contributed by atoms with Crippen LogP contribution in [0.4, 0.5) is 5.69 Å². The van der Waals surface area contributed by atoms with Crippen LogP contribution in [-0.2, 0) is 17.6 Å². The van der Waals surface area contributed by atoms with Crippen molar-refractivity contribution < 1.29 is 4.74 Å². The summed E-state index contributed by atoms with van der Waals surface area (Å²) in [5.41, 5.74) is 10.0. The number of nitrogens with zero attached hydrogens (tertiary/aromatic N) is 1. The first kappa shape index (κ1) is 16.5. The second-order valence-electron chi connectivity index (χ2n) is 5.73. The molecule has 0 radical (unpaired) electrons. The molecule has 3 rings (SSSR count). The Morgan fingerprint density at radius 2 is 2.19 bits per heavy atom. The van der Waals surface area contributed by atoms with E-state index in [1.165, 1.54) is 30.4 Å². The molecule has 0 spiro atoms. The molecule has 0 amide bonds. The number of anilines is 1. The molecular weight excluding hydrogens is 377 g/mol. The summed E-state index contributed by atoms with van der Waals surface area (Å²) in [6, 6.07) is 6.43. The molecule has 5 heteroatoms. The predicted molar refractivity (Wildman–Crippen MR) is 97.5 cm³/mol. The van der Waals surface area contributed by atoms with Gasteiger partial charge in [-0.3, -0.25) is 4.99 Å². The van der Waals surface area contributed by atoms with E-state index >= 15 is 0 Å². The molecule has 1 unspecified atom stereocenters. The van der Waals surface area contributed by atoms with Gasteiger partial charge in [-0.15, -0.1) is 24.0 Å². The van der Waals surface area contributed by atoms with Gasteiger partial charge in [0, 0.05) is 24.8 Å². The molecule has 1 fully saturated rings. The smallest absolute Gasteiger partial charge is 0.193 e. The van der Waals surface area contributed by atoms with Crippen LogP contribution < -0.4 is 11.1 Å². The standard InChI is InChI=1S/C16H23N3O.HI/c17-16(18-10-12-8-9-20-11-12)19-15-7-3-5-13-4-1-2-6-14(13)15;/h3,5,7,12H,1-2,4,6,8-11H2,(H3,17,18,19);1H. The zero-order valence-corrected chi connectivity index (χ0v) is 14.6. The monoisotopic (exact) mass is 401 g/mol. The van der Waals surface area contributed by atoms with E-state index in [4.69, 9.17) is 10.5 Å². The fourth-order valence-electron chi connectivity index (χ4n) is 3.03. The number of hydrogen-bond donors (Lipinski definition) is 2. The molecule has 2 aliphatic rings. The summed E-state index contributed by atoms with van der Waals surface area (Å²) in [7, 11) is 0. The lowest BCUT2D eigenvalue weighted by molar-refractivity contribution is 0.187. The van der Waals surface area contributed by atoms with Crippen LogP contribution in [0.5, 0.6) is 0 Å². The molecule has 1 aliphatic carbocycles. The summed E-state index contributed by atoms with van der Waals surface area (Å²) in [6.07, 6.45) is 5.98. The Kier molecular flexibility index (Phi) is 6.29. The summed E-state index contributed by atoms with van der Waals surface area (Å²) in [5, 5.41) is 3.28. The third kappa shape index (κ3) is 4.32. The van der Waals surface area contributed by atoms with Crippen molar-refractivity contribution in [3.05, 3.63) is 29.3 Å². The Hall–Kier alpha value is -0.820. The van der Waals surface area contributed by atoms with Gasteiger partial charge in [0.05, 0.1) is 6.61 Å². The molecule has 0 saturated carbocycles. The topological polar surface area (TPSA) is 59.6 Å². The SMILES string of the molecule is I.NC(=NCC1CCOC1)Nc1cccc2c1CCCC2. The first-order valence-corrected chi connectivity index (χ1v) is 7.58. The Bertz CT molecular complexity index is 498. The van der Waals surface area contributed by atoms with Crippen molar-refractivity contribution in [2.45, 2.75) is 32.1 Å². The number of hydrogen-bond acceptors (Lipinski definition) is 2. The van der Waals surface area contributed by atoms with E-state index in [1.807, 2.05) is 0 Å². The molecule has 1 heterocycles. The minimum atomic E-state index is 0. The molecule has 1 atom stereocenters. The molecule has 1 aromatic rings. The molecule has 1 saturated heterocycles. The zero-order chi connectivity index (χ0) is 13.8. The number of nitrogens with two attached hydrogens (primary N) is 1. The van der Waals surface area contributed by atoms with Crippen molar-refractivity contribution in [1.82, 2.24) is 0 Å². The maximum Gasteiger partial charge on any atom is 0.193 e. The van der Waals surface area contributed by atoms with Crippen LogP contribution in [0.1, 0.15) is 30.4 Å². The van der Waals surface area contributed by atoms with Gasteiger partial charge in [0.2, 0.25) is 0 Å². The van der Waals surface area contributed by atoms with Crippen LogP contribution in [0.25, 0.3) is 0 Å². The van der Waals surface area contributed by atoms with Crippen LogP contribution in [-0.4, -0.2) is 25.7 Å². The van der Waals surface area contributed by atoms with Crippen molar-refractivity contribution >= 4 is 35.6 Å². The average Bonchev–Trinajstić information content (AvgIpc) is 2.99. The molecule has 0 aromatic heterocycles. The zero-order valence-electron chi connectivity index (χ0n) is 12.3. The molecular formula is C16H24IN3O. The van der Waals surface area contributed by atoms with Gasteiger partial charge in [0.1, 0.15) is 0 Å². The second-order valence-corrected chi connectivity index (χ2v) is 5.73. The Morgan fingerprint density at radius 1 is 1.33 bits per heavy atom. The molecule has 0 bridgehead atoms. The van der Waals surface area contributed by atoms with E-state index in [9.17, 15) is 0 Å². The number of guanidine groups is 1. The molecule has 3 N–H and O–H groups in total. The maximum absolute atomic E-state index is 6.02. The average molecular weight is 401 g/mol. The van der Waals surface area contributed by atoms with Crippen LogP contribution in [0.15, 0.2) is 23.2 Å². The largest absolute Gasteiger partial charge is 0.381 e. The van der Waals surface area contributed by atoms with Crippen molar-refractivity contribution in [2.75, 3.05) is 25.1 Å². The van der Waals surface area contributed by atoms with E-state index in [-0.39, 0.29) is 24.0 Å². The van der Waals surface area contributed by atoms with Gasteiger partial charge in [-0.2, -0.15) is 0 Å². The van der Waals surface area contributed by atoms with Crippen LogP contribution in [0, 0.1) is 5.92 Å². The number of nitrogens with one attached hydrogen (secondary N) is 1. The molecule has 21 heavy (non-hydrogen) atoms. The predicted octanol–water partition coefficient (Wildman–Crippen LogP) is 2.95. The first-order chi connectivity index (χ1) is 9.83. The summed E-state index contributed by atoms with van der Waals surface area (Å²) < 4.78 is 5.35. The third-order valence-electron chi connectivity index (χ3n) is 4.20. The molecule has 1 aliphatic heterocycles. The normalized spacial score (nSPS) is 21.5. The maximum atomic E-state index is 6.02. The number of benzene rings is 1. The highest BCUT2D eigenvalue weighted by Crippen LogP contribution is 2.27. The van der Waals surface area contributed by atoms with E-state index in [2.05, 4.69) is 28.5 Å². The van der Waals surface area contributed by atoms with Gasteiger partial charge in [0.15, 0.2) is 5.96 Å². The highest BCUT2D eigenvalue weighted by Gasteiger charge is 2.16. The fourth-order valence-corrected chi connectivity index (χ4v) is 3.03. The highest BCUT2D eigenvalue weighted by molar-refractivity contribution is 14.0. The quantitative estimate of drug-likeness (QED) is 0.465. The summed E-state index contributed by atoms with van der Waals surface area (Å²) in [6.45, 7) is 2.44. The van der Waals surface area contributed by atoms with Crippen LogP contribution in [0.2, 0.25) is 0 Å². The highest BCUT2D eigenvalue weighted by atomic mass is 127. The van der Waals surface area contributed by atoms with E-state index in [0.29, 0.717) is 11.9 Å². The molecule has 1 aromatic carbocycles. The molecule has 116 valence electrons. The minimum absolute atomic E-state index is 0. The van der Waals surface area contributed by atoms with Crippen LogP contribution >= 0.6 is 24.0 Å². The third-order valence-corrected chi connectivity index (χ3v) is 4.20. The van der Waals surface area contributed by atoms with Crippen molar-refractivity contribution in [3.8, 4) is 0 Å². The summed E-state index contributed by atoms with van der Waals surface area (Å²) >= 11 is 0. The van der Waals surface area contributed by atoms with Crippen molar-refractivity contribution in [2.24, 2.45) is 16.6 Å². The van der Waals surface area contributed by atoms with Crippen LogP contribution in [0.3, 0.4) is 0 Å². The van der Waals surface area contributed by atoms with Gasteiger partial charge in [-0.25, -0.2) is 0 Å². The lowest BCUT2D eigenvalue weighted by Gasteiger charge is -2.20. The van der Waals surface area contributed by atoms with Gasteiger partial charge in [-0.05, 0) is 49.3 Å². The number of rotatable bonds is 3. The number of halogens is 1. The summed E-state index contributed by atoms with van der Waals surface area (Å²) in [5.74, 6) is 1.05. The Morgan fingerprint density at radius 3 is 3.00 bits per heavy atom. The van der Waals surface area contributed by atoms with E-state index in [1.54, 1.807) is 0 Å². The number of aliphatic imine (C=N–C) groups is 1. The van der Waals surface area contributed by atoms with Gasteiger partial charge < -0.3 is 15.8 Å². The van der Waals surface area contributed by atoms with Crippen molar-refractivity contribution in [1.29, 1.82) is 0 Å². The fraction of sp³-hybridized carbons (Fsp3) is 0.562. The number of aryl methyl sites for hydroxylation is 1. The van der Waals surface area contributed by atoms with E-state index < -0.39 is 0 Å². The lowest BCUT2D eigenvalue weighted by atomic mass is 9.90. The number of fused-ring (bicyclic) bond motifs is 1. The van der Waals surface area contributed by atoms with Crippen molar-refractivity contribution in [3.63, 3.8) is 0 Å². The lowest BCUT2D eigenvalue weighted by Crippen LogP contribution is -2.25. The molecule has 4 nitrogen and oxygen atoms in total. The second kappa shape index (κ2) is 7.98. The summed E-state index contributed by atoms with van der Waals surface area (Å²) in [4.78, 5) is 4.45. The number of ether oxygens (including phenoxy) is 1. The minimum Gasteiger partial charge on any atom is -0.381 e. The Labute approximate surface area is 143 Å². The Balaban J connectivity index is 0.00000161. The van der Waals surface area contributed by atoms with E-state index in [0.717, 1.165) is 38.3 Å². The van der Waals surface area contributed by atoms with Gasteiger partial charge in [-0.1, -0.05) is 12.1 Å². The first-order valence-electron chi connectivity index (χ1n) is 7.58.